The fourth-order valence-electron chi connectivity index (χ4n) is 2.53. The first-order valence-corrected chi connectivity index (χ1v) is 8.66. The highest BCUT2D eigenvalue weighted by Crippen LogP contribution is 2.30. The minimum absolute atomic E-state index is 0.0427. The monoisotopic (exact) mass is 364 g/mol. The molecular weight excluding hydrogens is 351 g/mol. The molecule has 0 aromatic heterocycles. The van der Waals surface area contributed by atoms with E-state index in [2.05, 4.69) is 10.1 Å². The second-order valence-electron chi connectivity index (χ2n) is 5.84. The molecule has 2 aliphatic heterocycles. The van der Waals surface area contributed by atoms with Crippen LogP contribution in [0.3, 0.4) is 0 Å². The van der Waals surface area contributed by atoms with Gasteiger partial charge < -0.3 is 0 Å². The lowest BCUT2D eigenvalue weighted by atomic mass is 10.1. The summed E-state index contributed by atoms with van der Waals surface area (Å²) in [5, 5.41) is 15.2. The van der Waals surface area contributed by atoms with Crippen LogP contribution in [0.4, 0.5) is 4.39 Å². The second kappa shape index (κ2) is 6.34. The number of fused-ring (bicyclic) bond motifs is 1. The smallest absolute Gasteiger partial charge is 0.282 e. The number of rotatable bonds is 2. The van der Waals surface area contributed by atoms with Crippen LogP contribution in [0, 0.1) is 18.2 Å². The van der Waals surface area contributed by atoms with E-state index in [0.29, 0.717) is 15.8 Å². The first-order chi connectivity index (χ1) is 12.5. The number of nitrogens with zero attached hydrogens (tertiary/aromatic N) is 3. The Bertz CT molecular complexity index is 1010. The number of benzene rings is 2. The third kappa shape index (κ3) is 2.97. The fraction of sp³-hybridized carbons (Fsp3) is 0.0526. The quantitative estimate of drug-likeness (QED) is 0.824. The standard InChI is InChI=1S/C19H13FN4OS/c1-11-2-6-13(7-3-11)18-23-24-16(21)15(17(25)22-19(24)26-18)10-12-4-8-14(20)9-5-12/h2-10,21H,1H3. The van der Waals surface area contributed by atoms with Gasteiger partial charge in [0.15, 0.2) is 5.84 Å². The average Bonchev–Trinajstić information content (AvgIpc) is 3.05. The molecule has 2 heterocycles. The molecular formula is C19H13FN4OS. The van der Waals surface area contributed by atoms with E-state index in [4.69, 9.17) is 5.41 Å². The first-order valence-electron chi connectivity index (χ1n) is 7.84. The Labute approximate surface area is 153 Å². The number of nitrogens with one attached hydrogen (secondary N) is 1. The van der Waals surface area contributed by atoms with Gasteiger partial charge in [0, 0.05) is 5.56 Å². The molecule has 0 fully saturated rings. The fourth-order valence-corrected chi connectivity index (χ4v) is 3.43. The van der Waals surface area contributed by atoms with Crippen molar-refractivity contribution in [1.82, 2.24) is 5.01 Å². The van der Waals surface area contributed by atoms with Crippen molar-refractivity contribution in [3.63, 3.8) is 0 Å². The number of thioether (sulfide) groups is 1. The number of halogens is 1. The largest absolute Gasteiger partial charge is 0.283 e. The predicted octanol–water partition coefficient (Wildman–Crippen LogP) is 3.80. The van der Waals surface area contributed by atoms with Crippen molar-refractivity contribution < 1.29 is 9.18 Å². The van der Waals surface area contributed by atoms with Crippen molar-refractivity contribution >= 4 is 39.8 Å². The summed E-state index contributed by atoms with van der Waals surface area (Å²) in [6, 6.07) is 13.5. The van der Waals surface area contributed by atoms with Crippen molar-refractivity contribution in [1.29, 1.82) is 5.41 Å². The van der Waals surface area contributed by atoms with E-state index in [1.165, 1.54) is 35.0 Å². The molecule has 0 unspecified atom stereocenters. The number of aliphatic imine (C=N–C) groups is 1. The Balaban J connectivity index is 1.68. The van der Waals surface area contributed by atoms with Gasteiger partial charge in [-0.25, -0.2) is 4.39 Å². The Morgan fingerprint density at radius 2 is 1.81 bits per heavy atom. The van der Waals surface area contributed by atoms with Gasteiger partial charge in [0.25, 0.3) is 5.91 Å². The number of carbonyl (C=O) groups excluding carboxylic acids is 1. The first kappa shape index (κ1) is 16.4. The number of aryl methyl sites for hydroxylation is 1. The molecule has 0 saturated heterocycles. The molecule has 1 amide bonds. The molecule has 2 aliphatic rings. The molecule has 7 heteroatoms. The van der Waals surface area contributed by atoms with Crippen LogP contribution in [0.5, 0.6) is 0 Å². The normalized spacial score (nSPS) is 18.1. The Hall–Kier alpha value is -3.06. The minimum Gasteiger partial charge on any atom is -0.282 e. The van der Waals surface area contributed by atoms with Crippen LogP contribution in [-0.2, 0) is 4.79 Å². The number of hydrazone groups is 1. The lowest BCUT2D eigenvalue weighted by Crippen LogP contribution is -2.35. The zero-order chi connectivity index (χ0) is 18.3. The van der Waals surface area contributed by atoms with Crippen molar-refractivity contribution in [2.45, 2.75) is 6.92 Å². The Kier molecular flexibility index (Phi) is 4.00. The molecule has 4 rings (SSSR count). The van der Waals surface area contributed by atoms with Gasteiger partial charge in [0.2, 0.25) is 5.17 Å². The van der Waals surface area contributed by atoms with Gasteiger partial charge in [-0.05, 0) is 42.5 Å². The van der Waals surface area contributed by atoms with Crippen LogP contribution < -0.4 is 0 Å². The zero-order valence-corrected chi connectivity index (χ0v) is 14.5. The maximum atomic E-state index is 13.0. The summed E-state index contributed by atoms with van der Waals surface area (Å²) in [6.45, 7) is 2.00. The van der Waals surface area contributed by atoms with E-state index < -0.39 is 5.91 Å². The lowest BCUT2D eigenvalue weighted by molar-refractivity contribution is -0.114. The van der Waals surface area contributed by atoms with E-state index >= 15 is 0 Å². The van der Waals surface area contributed by atoms with Gasteiger partial charge in [-0.15, -0.1) is 0 Å². The van der Waals surface area contributed by atoms with E-state index in [-0.39, 0.29) is 17.2 Å². The molecule has 2 aromatic carbocycles. The molecule has 0 spiro atoms. The molecule has 0 atom stereocenters. The molecule has 1 N–H and O–H groups in total. The van der Waals surface area contributed by atoms with Crippen LogP contribution >= 0.6 is 11.8 Å². The van der Waals surface area contributed by atoms with Crippen LogP contribution in [-0.4, -0.2) is 27.0 Å². The third-order valence-corrected chi connectivity index (χ3v) is 4.89. The number of carbonyl (C=O) groups is 1. The molecule has 128 valence electrons. The summed E-state index contributed by atoms with van der Waals surface area (Å²) in [6.07, 6.45) is 1.52. The highest BCUT2D eigenvalue weighted by molar-refractivity contribution is 8.27. The van der Waals surface area contributed by atoms with E-state index in [0.717, 1.165) is 11.1 Å². The van der Waals surface area contributed by atoms with Crippen molar-refractivity contribution in [2.75, 3.05) is 0 Å². The second-order valence-corrected chi connectivity index (χ2v) is 6.80. The maximum absolute atomic E-state index is 13.0. The Morgan fingerprint density at radius 1 is 1.12 bits per heavy atom. The van der Waals surface area contributed by atoms with E-state index in [1.807, 2.05) is 31.2 Å². The zero-order valence-electron chi connectivity index (χ0n) is 13.7. The van der Waals surface area contributed by atoms with E-state index in [9.17, 15) is 9.18 Å². The van der Waals surface area contributed by atoms with Gasteiger partial charge in [0.05, 0.1) is 5.57 Å². The van der Waals surface area contributed by atoms with Gasteiger partial charge in [-0.3, -0.25) is 10.2 Å². The van der Waals surface area contributed by atoms with Gasteiger partial charge in [0.1, 0.15) is 10.9 Å². The van der Waals surface area contributed by atoms with Crippen LogP contribution in [0.15, 0.2) is 64.2 Å². The summed E-state index contributed by atoms with van der Waals surface area (Å²) in [7, 11) is 0. The number of hydrogen-bond acceptors (Lipinski definition) is 4. The molecule has 2 aromatic rings. The van der Waals surface area contributed by atoms with E-state index in [1.54, 1.807) is 12.1 Å². The maximum Gasteiger partial charge on any atom is 0.283 e. The summed E-state index contributed by atoms with van der Waals surface area (Å²) in [4.78, 5) is 16.4. The summed E-state index contributed by atoms with van der Waals surface area (Å²) in [5.41, 5.74) is 2.78. The number of hydrogen-bond donors (Lipinski definition) is 1. The van der Waals surface area contributed by atoms with Crippen LogP contribution in [0.25, 0.3) is 6.08 Å². The van der Waals surface area contributed by atoms with Crippen molar-refractivity contribution in [2.24, 2.45) is 10.1 Å². The SMILES string of the molecule is Cc1ccc(C2=NN3C(=N)C(=Cc4ccc(F)cc4)C(=O)N=C3S2)cc1. The molecule has 26 heavy (non-hydrogen) atoms. The molecule has 0 saturated carbocycles. The topological polar surface area (TPSA) is 68.9 Å². The number of amidine groups is 2. The van der Waals surface area contributed by atoms with Gasteiger partial charge in [-0.1, -0.05) is 42.0 Å². The summed E-state index contributed by atoms with van der Waals surface area (Å²) in [5.74, 6) is -0.904. The van der Waals surface area contributed by atoms with Crippen LogP contribution in [0.1, 0.15) is 16.7 Å². The molecule has 5 nitrogen and oxygen atoms in total. The molecule has 0 aliphatic carbocycles. The Morgan fingerprint density at radius 3 is 2.50 bits per heavy atom. The highest BCUT2D eigenvalue weighted by Gasteiger charge is 2.35. The van der Waals surface area contributed by atoms with Gasteiger partial charge in [-0.2, -0.15) is 15.1 Å². The third-order valence-electron chi connectivity index (χ3n) is 3.93. The van der Waals surface area contributed by atoms with Crippen molar-refractivity contribution in [3.05, 3.63) is 76.6 Å². The summed E-state index contributed by atoms with van der Waals surface area (Å²) < 4.78 is 13.0. The lowest BCUT2D eigenvalue weighted by Gasteiger charge is -2.20. The predicted molar refractivity (Wildman–Crippen MR) is 102 cm³/mol. The van der Waals surface area contributed by atoms with Crippen molar-refractivity contribution in [3.8, 4) is 0 Å². The summed E-state index contributed by atoms with van der Waals surface area (Å²) >= 11 is 1.26. The minimum atomic E-state index is -0.501. The van der Waals surface area contributed by atoms with Crippen LogP contribution in [0.2, 0.25) is 0 Å². The van der Waals surface area contributed by atoms with Gasteiger partial charge >= 0.3 is 0 Å². The number of amides is 1. The average molecular weight is 364 g/mol. The molecule has 0 radical (unpaired) electrons. The molecule has 0 bridgehead atoms. The highest BCUT2D eigenvalue weighted by atomic mass is 32.2.